The van der Waals surface area contributed by atoms with Gasteiger partial charge in [-0.1, -0.05) is 6.08 Å². The van der Waals surface area contributed by atoms with Crippen molar-refractivity contribution in [2.24, 2.45) is 0 Å². The van der Waals surface area contributed by atoms with Crippen LogP contribution in [-0.4, -0.2) is 33.2 Å². The average molecular weight is 221 g/mol. The van der Waals surface area contributed by atoms with Gasteiger partial charge in [-0.2, -0.15) is 0 Å². The summed E-state index contributed by atoms with van der Waals surface area (Å²) in [6.45, 7) is 1.85. The Morgan fingerprint density at radius 3 is 3.19 bits per heavy atom. The van der Waals surface area contributed by atoms with Gasteiger partial charge in [-0.25, -0.2) is 19.3 Å². The normalized spacial score (nSPS) is 12.0. The highest BCUT2D eigenvalue weighted by Gasteiger charge is 2.03. The zero-order valence-corrected chi connectivity index (χ0v) is 8.87. The third-order valence-electron chi connectivity index (χ3n) is 2.15. The van der Waals surface area contributed by atoms with E-state index in [1.807, 2.05) is 0 Å². The monoisotopic (exact) mass is 221 g/mol. The summed E-state index contributed by atoms with van der Waals surface area (Å²) in [5.74, 6) is 0.672. The first-order chi connectivity index (χ1) is 7.81. The Balaban J connectivity index is 2.12. The molecule has 0 unspecified atom stereocenters. The second-order valence-corrected chi connectivity index (χ2v) is 3.39. The topological polar surface area (TPSA) is 66.5 Å². The van der Waals surface area contributed by atoms with E-state index in [0.717, 1.165) is 5.52 Å². The molecule has 0 saturated heterocycles. The summed E-state index contributed by atoms with van der Waals surface area (Å²) in [6, 6.07) is 0. The summed E-state index contributed by atoms with van der Waals surface area (Å²) in [6.07, 6.45) is 4.79. The fourth-order valence-electron chi connectivity index (χ4n) is 1.28. The molecule has 0 radical (unpaired) electrons. The van der Waals surface area contributed by atoms with Crippen LogP contribution in [0.2, 0.25) is 0 Å². The third kappa shape index (κ3) is 2.16. The van der Waals surface area contributed by atoms with Crippen molar-refractivity contribution in [1.82, 2.24) is 19.9 Å². The van der Waals surface area contributed by atoms with Gasteiger partial charge in [0.1, 0.15) is 18.5 Å². The Kier molecular flexibility index (Phi) is 3.09. The number of imidazole rings is 1. The minimum atomic E-state index is -0.426. The fraction of sp³-hybridized carbons (Fsp3) is 0.300. The maximum Gasteiger partial charge on any atom is 0.182 e. The average Bonchev–Trinajstić information content (AvgIpc) is 2.77. The van der Waals surface area contributed by atoms with Crippen LogP contribution in [0.3, 0.4) is 0 Å². The number of alkyl halides is 1. The van der Waals surface area contributed by atoms with Gasteiger partial charge in [0.05, 0.1) is 6.33 Å². The molecule has 0 amide bonds. The Bertz CT molecular complexity index is 505. The van der Waals surface area contributed by atoms with Crippen LogP contribution < -0.4 is 5.32 Å². The summed E-state index contributed by atoms with van der Waals surface area (Å²) in [4.78, 5) is 15.0. The summed E-state index contributed by atoms with van der Waals surface area (Å²) in [5.41, 5.74) is 2.07. The van der Waals surface area contributed by atoms with Crippen LogP contribution in [0.5, 0.6) is 0 Å². The number of halogens is 1. The molecule has 0 aliphatic rings. The molecular weight excluding hydrogens is 209 g/mol. The van der Waals surface area contributed by atoms with E-state index in [9.17, 15) is 4.39 Å². The number of anilines is 1. The molecule has 0 aromatic carbocycles. The summed E-state index contributed by atoms with van der Waals surface area (Å²) >= 11 is 0. The minimum Gasteiger partial charge on any atom is -0.365 e. The van der Waals surface area contributed by atoms with E-state index >= 15 is 0 Å². The standard InChI is InChI=1S/C10H12FN5/c1-7(4-11)2-3-12-9-8-10(14-5-13-8)16-6-15-9/h2,5-6H,3-4H2,1H3,(H2,12,13,14,15,16)/b7-2+. The number of hydrogen-bond donors (Lipinski definition) is 2. The number of aromatic nitrogens is 4. The Labute approximate surface area is 91.8 Å². The molecule has 0 aliphatic heterocycles. The molecule has 2 aromatic rings. The van der Waals surface area contributed by atoms with Crippen LogP contribution in [0.15, 0.2) is 24.3 Å². The van der Waals surface area contributed by atoms with Crippen molar-refractivity contribution in [2.75, 3.05) is 18.5 Å². The van der Waals surface area contributed by atoms with Crippen LogP contribution in [0.4, 0.5) is 10.2 Å². The molecule has 0 bridgehead atoms. The lowest BCUT2D eigenvalue weighted by atomic mass is 10.3. The van der Waals surface area contributed by atoms with Crippen molar-refractivity contribution >= 4 is 17.0 Å². The van der Waals surface area contributed by atoms with E-state index < -0.39 is 6.67 Å². The van der Waals surface area contributed by atoms with Gasteiger partial charge in [0.25, 0.3) is 0 Å². The zero-order valence-electron chi connectivity index (χ0n) is 8.87. The number of H-pyrrole nitrogens is 1. The Hall–Kier alpha value is -1.98. The number of hydrogen-bond acceptors (Lipinski definition) is 4. The molecule has 0 saturated carbocycles. The van der Waals surface area contributed by atoms with Gasteiger partial charge in [-0.15, -0.1) is 0 Å². The molecule has 2 rings (SSSR count). The van der Waals surface area contributed by atoms with Crippen molar-refractivity contribution in [1.29, 1.82) is 0 Å². The molecule has 0 atom stereocenters. The van der Waals surface area contributed by atoms with Gasteiger partial charge in [0.2, 0.25) is 0 Å². The Morgan fingerprint density at radius 2 is 2.38 bits per heavy atom. The SMILES string of the molecule is C/C(=C\CNc1ncnc2nc[nH]c12)CF. The van der Waals surface area contributed by atoms with Crippen molar-refractivity contribution in [3.8, 4) is 0 Å². The first-order valence-electron chi connectivity index (χ1n) is 4.91. The quantitative estimate of drug-likeness (QED) is 0.771. The lowest BCUT2D eigenvalue weighted by Gasteiger charge is -2.02. The van der Waals surface area contributed by atoms with Gasteiger partial charge >= 0.3 is 0 Å². The molecule has 16 heavy (non-hydrogen) atoms. The van der Waals surface area contributed by atoms with E-state index in [4.69, 9.17) is 0 Å². The summed E-state index contributed by atoms with van der Waals surface area (Å²) in [5, 5.41) is 3.07. The summed E-state index contributed by atoms with van der Waals surface area (Å²) < 4.78 is 12.2. The largest absolute Gasteiger partial charge is 0.365 e. The smallest absolute Gasteiger partial charge is 0.182 e. The van der Waals surface area contributed by atoms with E-state index in [1.54, 1.807) is 19.3 Å². The molecule has 2 heterocycles. The molecule has 5 nitrogen and oxygen atoms in total. The van der Waals surface area contributed by atoms with E-state index in [2.05, 4.69) is 25.3 Å². The molecule has 2 N–H and O–H groups in total. The fourth-order valence-corrected chi connectivity index (χ4v) is 1.28. The van der Waals surface area contributed by atoms with Crippen molar-refractivity contribution < 1.29 is 4.39 Å². The second-order valence-electron chi connectivity index (χ2n) is 3.39. The summed E-state index contributed by atoms with van der Waals surface area (Å²) in [7, 11) is 0. The van der Waals surface area contributed by atoms with Gasteiger partial charge in [-0.3, -0.25) is 0 Å². The van der Waals surface area contributed by atoms with Crippen LogP contribution in [0.1, 0.15) is 6.92 Å². The van der Waals surface area contributed by atoms with Crippen LogP contribution in [0.25, 0.3) is 11.2 Å². The Morgan fingerprint density at radius 1 is 1.50 bits per heavy atom. The number of fused-ring (bicyclic) bond motifs is 1. The molecular formula is C10H12FN5. The van der Waals surface area contributed by atoms with Crippen molar-refractivity contribution in [3.63, 3.8) is 0 Å². The number of nitrogens with zero attached hydrogens (tertiary/aromatic N) is 3. The van der Waals surface area contributed by atoms with Crippen LogP contribution in [-0.2, 0) is 0 Å². The van der Waals surface area contributed by atoms with Gasteiger partial charge < -0.3 is 10.3 Å². The van der Waals surface area contributed by atoms with E-state index in [0.29, 0.717) is 23.6 Å². The molecule has 2 aromatic heterocycles. The van der Waals surface area contributed by atoms with Gasteiger partial charge in [-0.05, 0) is 12.5 Å². The number of allylic oxidation sites excluding steroid dienone is 1. The first-order valence-corrected chi connectivity index (χ1v) is 4.91. The molecule has 0 spiro atoms. The van der Waals surface area contributed by atoms with E-state index in [1.165, 1.54) is 6.33 Å². The van der Waals surface area contributed by atoms with E-state index in [-0.39, 0.29) is 0 Å². The first kappa shape index (κ1) is 10.5. The predicted octanol–water partition coefficient (Wildman–Crippen LogP) is 1.68. The highest BCUT2D eigenvalue weighted by atomic mass is 19.1. The predicted molar refractivity (Wildman–Crippen MR) is 59.9 cm³/mol. The molecule has 0 aliphatic carbocycles. The van der Waals surface area contributed by atoms with Gasteiger partial charge in [0, 0.05) is 6.54 Å². The van der Waals surface area contributed by atoms with Gasteiger partial charge in [0.15, 0.2) is 11.5 Å². The maximum atomic E-state index is 12.2. The number of rotatable bonds is 4. The highest BCUT2D eigenvalue weighted by Crippen LogP contribution is 2.13. The minimum absolute atomic E-state index is 0.426. The molecule has 84 valence electrons. The lowest BCUT2D eigenvalue weighted by Crippen LogP contribution is -2.02. The second kappa shape index (κ2) is 4.69. The third-order valence-corrected chi connectivity index (χ3v) is 2.15. The van der Waals surface area contributed by atoms with Crippen molar-refractivity contribution in [2.45, 2.75) is 6.92 Å². The molecule has 0 fully saturated rings. The van der Waals surface area contributed by atoms with Crippen molar-refractivity contribution in [3.05, 3.63) is 24.3 Å². The zero-order chi connectivity index (χ0) is 11.4. The molecule has 6 heteroatoms. The van der Waals surface area contributed by atoms with Crippen LogP contribution >= 0.6 is 0 Å². The number of aromatic amines is 1. The number of nitrogens with one attached hydrogen (secondary N) is 2. The van der Waals surface area contributed by atoms with Crippen LogP contribution in [0, 0.1) is 0 Å². The lowest BCUT2D eigenvalue weighted by molar-refractivity contribution is 0.542. The maximum absolute atomic E-state index is 12.2. The highest BCUT2D eigenvalue weighted by molar-refractivity contribution is 5.81.